The number of rotatable bonds is 2. The molecule has 1 aliphatic carbocycles. The Bertz CT molecular complexity index is 295. The smallest absolute Gasteiger partial charge is 0.410 e. The summed E-state index contributed by atoms with van der Waals surface area (Å²) in [5.41, 5.74) is 5.02. The van der Waals surface area contributed by atoms with Crippen molar-refractivity contribution in [3.63, 3.8) is 0 Å². The Morgan fingerprint density at radius 2 is 2.19 bits per heavy atom. The molecular formula is C10H16N2O4. The van der Waals surface area contributed by atoms with Gasteiger partial charge in [0.1, 0.15) is 12.7 Å². The van der Waals surface area contributed by atoms with E-state index in [1.807, 2.05) is 0 Å². The molecule has 2 atom stereocenters. The molecule has 2 fully saturated rings. The predicted molar refractivity (Wildman–Crippen MR) is 54.8 cm³/mol. The summed E-state index contributed by atoms with van der Waals surface area (Å²) < 4.78 is 9.94. The number of nitrogens with zero attached hydrogens (tertiary/aromatic N) is 1. The van der Waals surface area contributed by atoms with Crippen LogP contribution in [0.5, 0.6) is 0 Å². The Balaban J connectivity index is 2.03. The summed E-state index contributed by atoms with van der Waals surface area (Å²) in [4.78, 5) is 23.9. The molecule has 1 saturated heterocycles. The molecule has 2 aliphatic rings. The predicted octanol–water partition coefficient (Wildman–Crippen LogP) is 0.845. The summed E-state index contributed by atoms with van der Waals surface area (Å²) in [5.74, 6) is 0. The number of cyclic esters (lactones) is 1. The van der Waals surface area contributed by atoms with Gasteiger partial charge in [-0.3, -0.25) is 4.90 Å². The maximum Gasteiger partial charge on any atom is 0.410 e. The van der Waals surface area contributed by atoms with Gasteiger partial charge < -0.3 is 15.2 Å². The van der Waals surface area contributed by atoms with E-state index in [1.165, 1.54) is 0 Å². The molecule has 2 rings (SSSR count). The van der Waals surface area contributed by atoms with Crippen molar-refractivity contribution in [1.82, 2.24) is 4.90 Å². The second kappa shape index (κ2) is 4.59. The fourth-order valence-electron chi connectivity index (χ4n) is 2.43. The minimum Gasteiger partial charge on any atom is -0.448 e. The van der Waals surface area contributed by atoms with Gasteiger partial charge in [-0.05, 0) is 19.3 Å². The lowest BCUT2D eigenvalue weighted by molar-refractivity contribution is 0.0239. The minimum atomic E-state index is -0.774. The highest BCUT2D eigenvalue weighted by Gasteiger charge is 2.38. The Morgan fingerprint density at radius 1 is 1.44 bits per heavy atom. The van der Waals surface area contributed by atoms with Gasteiger partial charge in [0, 0.05) is 0 Å². The van der Waals surface area contributed by atoms with Crippen molar-refractivity contribution in [3.05, 3.63) is 0 Å². The lowest BCUT2D eigenvalue weighted by Crippen LogP contribution is -2.48. The van der Waals surface area contributed by atoms with E-state index >= 15 is 0 Å². The average molecular weight is 228 g/mol. The molecular weight excluding hydrogens is 212 g/mol. The summed E-state index contributed by atoms with van der Waals surface area (Å²) in [6.07, 6.45) is 2.26. The van der Waals surface area contributed by atoms with E-state index < -0.39 is 6.09 Å². The van der Waals surface area contributed by atoms with Gasteiger partial charge in [-0.15, -0.1) is 0 Å². The zero-order valence-electron chi connectivity index (χ0n) is 9.05. The fourth-order valence-corrected chi connectivity index (χ4v) is 2.43. The molecule has 0 aromatic carbocycles. The summed E-state index contributed by atoms with van der Waals surface area (Å²) in [7, 11) is 0. The van der Waals surface area contributed by atoms with Crippen molar-refractivity contribution < 1.29 is 19.1 Å². The number of nitrogens with two attached hydrogens (primary N) is 1. The number of carbonyl (C=O) groups excluding carboxylic acids is 2. The van der Waals surface area contributed by atoms with Crippen molar-refractivity contribution in [2.75, 3.05) is 13.2 Å². The number of carbonyl (C=O) groups is 2. The summed E-state index contributed by atoms with van der Waals surface area (Å²) in [5, 5.41) is 0. The monoisotopic (exact) mass is 228 g/mol. The number of amides is 2. The topological polar surface area (TPSA) is 81.9 Å². The Kier molecular flexibility index (Phi) is 3.17. The number of ether oxygens (including phenoxy) is 2. The standard InChI is InChI=1S/C10H16N2O4/c11-9(13)16-8-4-2-1-3-7(8)12-5-6-15-10(12)14/h7-8H,1-6H2,(H2,11,13)/t7-,8-/m1/s1. The second-order valence-electron chi connectivity index (χ2n) is 4.13. The van der Waals surface area contributed by atoms with E-state index in [2.05, 4.69) is 0 Å². The molecule has 2 amide bonds. The second-order valence-corrected chi connectivity index (χ2v) is 4.13. The molecule has 0 aromatic rings. The van der Waals surface area contributed by atoms with Crippen LogP contribution in [0, 0.1) is 0 Å². The molecule has 0 bridgehead atoms. The molecule has 1 saturated carbocycles. The van der Waals surface area contributed by atoms with Crippen molar-refractivity contribution in [2.45, 2.75) is 37.8 Å². The molecule has 2 N–H and O–H groups in total. The zero-order chi connectivity index (χ0) is 11.5. The van der Waals surface area contributed by atoms with Crippen LogP contribution in [0.25, 0.3) is 0 Å². The van der Waals surface area contributed by atoms with Crippen molar-refractivity contribution in [2.24, 2.45) is 5.73 Å². The van der Waals surface area contributed by atoms with Gasteiger partial charge in [-0.2, -0.15) is 0 Å². The van der Waals surface area contributed by atoms with E-state index in [4.69, 9.17) is 15.2 Å². The molecule has 1 heterocycles. The Morgan fingerprint density at radius 3 is 2.81 bits per heavy atom. The summed E-state index contributed by atoms with van der Waals surface area (Å²) >= 11 is 0. The molecule has 1 aliphatic heterocycles. The maximum atomic E-state index is 11.4. The highest BCUT2D eigenvalue weighted by molar-refractivity contribution is 5.70. The third kappa shape index (κ3) is 2.20. The van der Waals surface area contributed by atoms with Crippen LogP contribution in [0.2, 0.25) is 0 Å². The number of hydrogen-bond acceptors (Lipinski definition) is 4. The van der Waals surface area contributed by atoms with E-state index in [1.54, 1.807) is 4.90 Å². The first kappa shape index (κ1) is 11.0. The van der Waals surface area contributed by atoms with Crippen molar-refractivity contribution in [1.29, 1.82) is 0 Å². The zero-order valence-corrected chi connectivity index (χ0v) is 9.05. The van der Waals surface area contributed by atoms with Crippen LogP contribution in [0.1, 0.15) is 25.7 Å². The van der Waals surface area contributed by atoms with E-state index in [-0.39, 0.29) is 18.2 Å². The molecule has 0 spiro atoms. The van der Waals surface area contributed by atoms with Crippen molar-refractivity contribution in [3.8, 4) is 0 Å². The number of primary amides is 1. The van der Waals surface area contributed by atoms with Crippen LogP contribution in [0.4, 0.5) is 9.59 Å². The van der Waals surface area contributed by atoms with Gasteiger partial charge in [0.15, 0.2) is 0 Å². The van der Waals surface area contributed by atoms with Gasteiger partial charge in [0.2, 0.25) is 0 Å². The molecule has 0 radical (unpaired) electrons. The molecule has 0 unspecified atom stereocenters. The lowest BCUT2D eigenvalue weighted by atomic mass is 9.91. The van der Waals surface area contributed by atoms with Gasteiger partial charge in [0.05, 0.1) is 12.6 Å². The first-order valence-electron chi connectivity index (χ1n) is 5.58. The normalized spacial score (nSPS) is 30.0. The van der Waals surface area contributed by atoms with E-state index in [9.17, 15) is 9.59 Å². The number of hydrogen-bond donors (Lipinski definition) is 1. The van der Waals surface area contributed by atoms with E-state index in [0.717, 1.165) is 25.7 Å². The Hall–Kier alpha value is -1.46. The summed E-state index contributed by atoms with van der Waals surface area (Å²) in [6.45, 7) is 0.987. The first-order chi connectivity index (χ1) is 7.68. The third-order valence-electron chi connectivity index (χ3n) is 3.13. The molecule has 90 valence electrons. The molecule has 6 nitrogen and oxygen atoms in total. The molecule has 16 heavy (non-hydrogen) atoms. The van der Waals surface area contributed by atoms with Crippen LogP contribution in [0.3, 0.4) is 0 Å². The quantitative estimate of drug-likeness (QED) is 0.759. The SMILES string of the molecule is NC(=O)O[C@@H]1CCCC[C@H]1N1CCOC1=O. The van der Waals surface area contributed by atoms with Crippen LogP contribution >= 0.6 is 0 Å². The summed E-state index contributed by atoms with van der Waals surface area (Å²) in [6, 6.07) is -0.0729. The van der Waals surface area contributed by atoms with Crippen LogP contribution in [0.15, 0.2) is 0 Å². The largest absolute Gasteiger partial charge is 0.448 e. The molecule has 0 aromatic heterocycles. The van der Waals surface area contributed by atoms with Crippen LogP contribution < -0.4 is 5.73 Å². The van der Waals surface area contributed by atoms with Gasteiger partial charge >= 0.3 is 12.2 Å². The maximum absolute atomic E-state index is 11.4. The van der Waals surface area contributed by atoms with Gasteiger partial charge in [0.25, 0.3) is 0 Å². The highest BCUT2D eigenvalue weighted by Crippen LogP contribution is 2.27. The van der Waals surface area contributed by atoms with Crippen LogP contribution in [-0.2, 0) is 9.47 Å². The van der Waals surface area contributed by atoms with Gasteiger partial charge in [-0.25, -0.2) is 9.59 Å². The lowest BCUT2D eigenvalue weighted by Gasteiger charge is -2.35. The van der Waals surface area contributed by atoms with Crippen LogP contribution in [-0.4, -0.2) is 42.4 Å². The molecule has 6 heteroatoms. The van der Waals surface area contributed by atoms with E-state index in [0.29, 0.717) is 13.2 Å². The highest BCUT2D eigenvalue weighted by atomic mass is 16.6. The van der Waals surface area contributed by atoms with Gasteiger partial charge in [-0.1, -0.05) is 6.42 Å². The fraction of sp³-hybridized carbons (Fsp3) is 0.800. The minimum absolute atomic E-state index is 0.0729. The first-order valence-corrected chi connectivity index (χ1v) is 5.58. The third-order valence-corrected chi connectivity index (χ3v) is 3.13. The Labute approximate surface area is 93.7 Å². The average Bonchev–Trinajstić information content (AvgIpc) is 2.64. The van der Waals surface area contributed by atoms with Crippen molar-refractivity contribution >= 4 is 12.2 Å².